The molecule has 34 heavy (non-hydrogen) atoms. The van der Waals surface area contributed by atoms with Gasteiger partial charge in [0.15, 0.2) is 0 Å². The summed E-state index contributed by atoms with van der Waals surface area (Å²) in [5.41, 5.74) is 0. The Labute approximate surface area is 214 Å². The van der Waals surface area contributed by atoms with Crippen LogP contribution in [0.1, 0.15) is 66.2 Å². The molecule has 7 heteroatoms. The van der Waals surface area contributed by atoms with E-state index in [0.717, 1.165) is 0 Å². The van der Waals surface area contributed by atoms with Crippen LogP contribution in [0, 0.1) is 11.8 Å². The second kappa shape index (κ2) is 13.2. The summed E-state index contributed by atoms with van der Waals surface area (Å²) in [5, 5.41) is 1.20. The Balaban J connectivity index is 2.72. The Bertz CT molecular complexity index is 685. The van der Waals surface area contributed by atoms with E-state index in [1.165, 1.54) is 57.0 Å². The van der Waals surface area contributed by atoms with Crippen LogP contribution in [0.3, 0.4) is 0 Å². The maximum atomic E-state index is 13.8. The zero-order chi connectivity index (χ0) is 25.5. The van der Waals surface area contributed by atoms with Gasteiger partial charge in [-0.3, -0.25) is 0 Å². The first-order valence-corrected chi connectivity index (χ1v) is 25.1. The first kappa shape index (κ1) is 29.7. The average Bonchev–Trinajstić information content (AvgIpc) is 3.17. The number of fused-ring (bicyclic) bond motifs is 1. The minimum absolute atomic E-state index is 0.0152. The van der Waals surface area contributed by atoms with Crippen molar-refractivity contribution in [3.63, 3.8) is 0 Å². The maximum absolute atomic E-state index is 13.8. The van der Waals surface area contributed by atoms with Crippen molar-refractivity contribution in [2.45, 2.75) is 109 Å². The monoisotopic (exact) mass is 601 g/mol. The molecular weight excluding hydrogens is 549 g/mol. The molecule has 1 amide bonds. The van der Waals surface area contributed by atoms with Crippen molar-refractivity contribution in [2.24, 2.45) is 11.8 Å². The Hall–Kier alpha value is -0.504. The van der Waals surface area contributed by atoms with Gasteiger partial charge in [0.25, 0.3) is 0 Å². The molecule has 0 saturated carbocycles. The zero-order valence-electron chi connectivity index (χ0n) is 23.1. The third-order valence-electron chi connectivity index (χ3n) is 8.40. The van der Waals surface area contributed by atoms with Gasteiger partial charge in [-0.1, -0.05) is 0 Å². The van der Waals surface area contributed by atoms with E-state index in [1.807, 2.05) is 11.8 Å². The van der Waals surface area contributed by atoms with Crippen LogP contribution in [-0.4, -0.2) is 69.2 Å². The van der Waals surface area contributed by atoms with Gasteiger partial charge in [-0.2, -0.15) is 0 Å². The fourth-order valence-corrected chi connectivity index (χ4v) is 28.2. The second-order valence-electron chi connectivity index (χ2n) is 11.7. The minimum atomic E-state index is -2.98. The number of ether oxygens (including phenoxy) is 2. The molecule has 5 nitrogen and oxygen atoms in total. The quantitative estimate of drug-likeness (QED) is 0.156. The molecule has 2 saturated heterocycles. The van der Waals surface area contributed by atoms with Gasteiger partial charge in [0.2, 0.25) is 0 Å². The van der Waals surface area contributed by atoms with E-state index in [0.29, 0.717) is 19.8 Å². The Morgan fingerprint density at radius 2 is 1.59 bits per heavy atom. The molecule has 2 heterocycles. The summed E-state index contributed by atoms with van der Waals surface area (Å²) in [6, 6.07) is 0.0361. The molecule has 0 aliphatic carbocycles. The predicted octanol–water partition coefficient (Wildman–Crippen LogP) is 7.27. The predicted molar refractivity (Wildman–Crippen MR) is 147 cm³/mol. The first-order chi connectivity index (χ1) is 16.1. The Morgan fingerprint density at radius 1 is 1.06 bits per heavy atom. The topological polar surface area (TPSA) is 55.8 Å². The van der Waals surface area contributed by atoms with Crippen molar-refractivity contribution in [3.8, 4) is 0 Å². The van der Waals surface area contributed by atoms with E-state index in [4.69, 9.17) is 9.47 Å². The molecule has 0 spiro atoms. The molecule has 2 aliphatic rings. The van der Waals surface area contributed by atoms with Crippen LogP contribution in [0.25, 0.3) is 0 Å². The van der Waals surface area contributed by atoms with Gasteiger partial charge in [-0.15, -0.1) is 0 Å². The number of carbonyl (C=O) groups excluding carboxylic acids is 2. The normalized spacial score (nSPS) is 25.1. The van der Waals surface area contributed by atoms with Crippen molar-refractivity contribution in [1.82, 2.24) is 4.90 Å². The van der Waals surface area contributed by atoms with E-state index in [2.05, 4.69) is 47.0 Å². The number of piperidine rings is 1. The first-order valence-electron chi connectivity index (χ1n) is 13.9. The number of hydrogen-bond acceptors (Lipinski definition) is 4. The third-order valence-corrected chi connectivity index (χ3v) is 28.4. The molecule has 0 N–H and O–H groups in total. The van der Waals surface area contributed by atoms with E-state index in [1.54, 1.807) is 0 Å². The molecule has 0 aromatic carbocycles. The summed E-state index contributed by atoms with van der Waals surface area (Å²) in [6.07, 6.45) is 7.06. The number of amides is 1. The van der Waals surface area contributed by atoms with Gasteiger partial charge in [-0.25, -0.2) is 0 Å². The number of hydrogen-bond donors (Lipinski definition) is 0. The SMILES string of the molecule is C=C([C@@H]1CN2C(=O)OC[C@@H]2[C@@H]([Sn]([CH2]CCC)([CH2]CCC)[CH2]CCC)[C@@H]1C(=O)OCC)[Si](C)(C)C. The van der Waals surface area contributed by atoms with E-state index in [9.17, 15) is 9.59 Å². The summed E-state index contributed by atoms with van der Waals surface area (Å²) in [7, 11) is -1.75. The van der Waals surface area contributed by atoms with Gasteiger partial charge in [0.05, 0.1) is 0 Å². The van der Waals surface area contributed by atoms with Crippen LogP contribution in [0.5, 0.6) is 0 Å². The average molecular weight is 601 g/mol. The molecule has 2 rings (SSSR count). The molecule has 0 bridgehead atoms. The van der Waals surface area contributed by atoms with E-state index >= 15 is 0 Å². The van der Waals surface area contributed by atoms with Gasteiger partial charge in [0.1, 0.15) is 0 Å². The number of carbonyl (C=O) groups is 2. The summed E-state index contributed by atoms with van der Waals surface area (Å²) in [5.74, 6) is -0.226. The van der Waals surface area contributed by atoms with Gasteiger partial charge in [0, 0.05) is 0 Å². The van der Waals surface area contributed by atoms with Crippen LogP contribution in [-0.2, 0) is 14.3 Å². The molecule has 2 fully saturated rings. The standard InChI is InChI=1S/C15H24NO4Si.3C4H9.Sn/c1-6-19-14(17)12-7-11-9-20-15(18)16(11)8-13(12)10(2)21(3,4)5;3*1-3-4-2;/h7,11-13H,2,6,8-9H2,1,3-5H3;3*1,3-4H2,2H3;/t11-,12-,13-;;;;/m0..../s1. The van der Waals surface area contributed by atoms with Crippen molar-refractivity contribution in [2.75, 3.05) is 19.8 Å². The van der Waals surface area contributed by atoms with Crippen molar-refractivity contribution in [1.29, 1.82) is 0 Å². The molecule has 0 aromatic rings. The Morgan fingerprint density at radius 3 is 2.03 bits per heavy atom. The van der Waals surface area contributed by atoms with Crippen molar-refractivity contribution in [3.05, 3.63) is 11.8 Å². The van der Waals surface area contributed by atoms with E-state index in [-0.39, 0.29) is 33.9 Å². The zero-order valence-corrected chi connectivity index (χ0v) is 26.9. The second-order valence-corrected chi connectivity index (χ2v) is 30.8. The molecule has 0 aromatic heterocycles. The number of nitrogens with zero attached hydrogens (tertiary/aromatic N) is 1. The Kier molecular flexibility index (Phi) is 11.5. The number of rotatable bonds is 14. The van der Waals surface area contributed by atoms with Crippen LogP contribution >= 0.6 is 0 Å². The molecule has 196 valence electrons. The fraction of sp³-hybridized carbons (Fsp3) is 0.852. The van der Waals surface area contributed by atoms with Crippen molar-refractivity contribution >= 4 is 38.5 Å². The molecule has 0 unspecified atom stereocenters. The number of cyclic esters (lactones) is 1. The summed E-state index contributed by atoms with van der Waals surface area (Å²) >= 11 is -2.98. The number of unbranched alkanes of at least 4 members (excludes halogenated alkanes) is 3. The summed E-state index contributed by atoms with van der Waals surface area (Å²) in [4.78, 5) is 28.8. The van der Waals surface area contributed by atoms with Crippen LogP contribution in [0.2, 0.25) is 36.9 Å². The fourth-order valence-electron chi connectivity index (χ4n) is 6.47. The molecular formula is C27H51NO4SiSn. The van der Waals surface area contributed by atoms with Gasteiger partial charge >= 0.3 is 215 Å². The van der Waals surface area contributed by atoms with Crippen molar-refractivity contribution < 1.29 is 19.1 Å². The summed E-state index contributed by atoms with van der Waals surface area (Å²) in [6.45, 7) is 21.7. The summed E-state index contributed by atoms with van der Waals surface area (Å²) < 4.78 is 15.7. The third kappa shape index (κ3) is 6.62. The molecule has 4 atom stereocenters. The molecule has 2 aliphatic heterocycles. The van der Waals surface area contributed by atoms with Crippen LogP contribution < -0.4 is 0 Å². The number of esters is 1. The van der Waals surface area contributed by atoms with Gasteiger partial charge in [-0.05, 0) is 0 Å². The molecule has 0 radical (unpaired) electrons. The van der Waals surface area contributed by atoms with Gasteiger partial charge < -0.3 is 0 Å². The van der Waals surface area contributed by atoms with Crippen LogP contribution in [0.4, 0.5) is 4.79 Å². The van der Waals surface area contributed by atoms with Crippen LogP contribution in [0.15, 0.2) is 11.8 Å². The van der Waals surface area contributed by atoms with E-state index < -0.39 is 26.5 Å².